The van der Waals surface area contributed by atoms with Crippen molar-refractivity contribution in [3.63, 3.8) is 0 Å². The first-order chi connectivity index (χ1) is 9.67. The van der Waals surface area contributed by atoms with Crippen molar-refractivity contribution >= 4 is 40.2 Å². The molecule has 0 saturated carbocycles. The SMILES string of the molecule is CNc1nc(Oc2ccc(Cl)cc2Cl)c2cn[nH]c2n1. The number of rotatable bonds is 3. The van der Waals surface area contributed by atoms with Crippen molar-refractivity contribution in [2.45, 2.75) is 0 Å². The van der Waals surface area contributed by atoms with E-state index in [0.29, 0.717) is 38.7 Å². The minimum atomic E-state index is 0.359. The van der Waals surface area contributed by atoms with Crippen LogP contribution < -0.4 is 10.1 Å². The van der Waals surface area contributed by atoms with Crippen molar-refractivity contribution < 1.29 is 4.74 Å². The summed E-state index contributed by atoms with van der Waals surface area (Å²) in [4.78, 5) is 8.47. The Kier molecular flexibility index (Phi) is 3.33. The molecule has 0 aliphatic rings. The van der Waals surface area contributed by atoms with Gasteiger partial charge in [0.15, 0.2) is 5.65 Å². The van der Waals surface area contributed by atoms with E-state index in [2.05, 4.69) is 25.5 Å². The Morgan fingerprint density at radius 3 is 2.85 bits per heavy atom. The molecular weight excluding hydrogens is 301 g/mol. The van der Waals surface area contributed by atoms with Crippen LogP contribution in [0.5, 0.6) is 11.6 Å². The second kappa shape index (κ2) is 5.15. The number of hydrogen-bond donors (Lipinski definition) is 2. The van der Waals surface area contributed by atoms with E-state index in [1.54, 1.807) is 31.4 Å². The Bertz CT molecular complexity index is 774. The van der Waals surface area contributed by atoms with Crippen LogP contribution in [0, 0.1) is 0 Å². The van der Waals surface area contributed by atoms with Crippen LogP contribution in [-0.4, -0.2) is 27.2 Å². The van der Waals surface area contributed by atoms with Gasteiger partial charge in [0.25, 0.3) is 0 Å². The molecule has 2 N–H and O–H groups in total. The standard InChI is InChI=1S/C12H9Cl2N5O/c1-15-12-17-10-7(5-16-19-10)11(18-12)20-9-3-2-6(13)4-8(9)14/h2-5H,1H3,(H2,15,16,17,18,19). The molecule has 20 heavy (non-hydrogen) atoms. The van der Waals surface area contributed by atoms with Crippen LogP contribution in [0.15, 0.2) is 24.4 Å². The number of anilines is 1. The minimum Gasteiger partial charge on any atom is -0.436 e. The fraction of sp³-hybridized carbons (Fsp3) is 0.0833. The molecule has 2 aromatic heterocycles. The van der Waals surface area contributed by atoms with Gasteiger partial charge in [0.05, 0.1) is 11.2 Å². The second-order valence-electron chi connectivity index (χ2n) is 3.91. The number of aromatic nitrogens is 4. The fourth-order valence-corrected chi connectivity index (χ4v) is 2.11. The van der Waals surface area contributed by atoms with Crippen molar-refractivity contribution in [3.8, 4) is 11.6 Å². The first kappa shape index (κ1) is 13.0. The number of fused-ring (bicyclic) bond motifs is 1. The number of nitrogens with one attached hydrogen (secondary N) is 2. The molecule has 3 aromatic rings. The highest BCUT2D eigenvalue weighted by Crippen LogP contribution is 2.33. The lowest BCUT2D eigenvalue weighted by Gasteiger charge is -2.08. The summed E-state index contributed by atoms with van der Waals surface area (Å²) in [6, 6.07) is 4.97. The van der Waals surface area contributed by atoms with E-state index < -0.39 is 0 Å². The van der Waals surface area contributed by atoms with Gasteiger partial charge in [-0.1, -0.05) is 23.2 Å². The van der Waals surface area contributed by atoms with Crippen LogP contribution in [0.4, 0.5) is 5.95 Å². The van der Waals surface area contributed by atoms with Gasteiger partial charge >= 0.3 is 0 Å². The Labute approximate surface area is 124 Å². The van der Waals surface area contributed by atoms with Crippen LogP contribution in [0.25, 0.3) is 11.0 Å². The van der Waals surface area contributed by atoms with Crippen molar-refractivity contribution in [3.05, 3.63) is 34.4 Å². The largest absolute Gasteiger partial charge is 0.436 e. The molecule has 8 heteroatoms. The maximum atomic E-state index is 6.09. The number of halogens is 2. The van der Waals surface area contributed by atoms with Gasteiger partial charge in [0.1, 0.15) is 11.1 Å². The zero-order chi connectivity index (χ0) is 14.1. The zero-order valence-corrected chi connectivity index (χ0v) is 11.8. The number of nitrogens with zero attached hydrogens (tertiary/aromatic N) is 3. The Morgan fingerprint density at radius 2 is 2.10 bits per heavy atom. The lowest BCUT2D eigenvalue weighted by atomic mass is 10.3. The van der Waals surface area contributed by atoms with Gasteiger partial charge in [-0.15, -0.1) is 0 Å². The Hall–Kier alpha value is -2.05. The minimum absolute atomic E-state index is 0.359. The molecule has 0 aliphatic carbocycles. The van der Waals surface area contributed by atoms with E-state index in [1.807, 2.05) is 0 Å². The van der Waals surface area contributed by atoms with Gasteiger partial charge in [-0.05, 0) is 18.2 Å². The summed E-state index contributed by atoms with van der Waals surface area (Å²) in [5, 5.41) is 11.2. The van der Waals surface area contributed by atoms with Crippen LogP contribution in [0.1, 0.15) is 0 Å². The summed E-state index contributed by atoms with van der Waals surface area (Å²) in [5.74, 6) is 1.23. The molecule has 0 fully saturated rings. The van der Waals surface area contributed by atoms with Crippen LogP contribution in [0.3, 0.4) is 0 Å². The highest BCUT2D eigenvalue weighted by molar-refractivity contribution is 6.35. The van der Waals surface area contributed by atoms with Gasteiger partial charge < -0.3 is 10.1 Å². The topological polar surface area (TPSA) is 75.7 Å². The summed E-state index contributed by atoms with van der Waals surface area (Å²) in [6.45, 7) is 0. The molecule has 3 rings (SSSR count). The Balaban J connectivity index is 2.07. The van der Waals surface area contributed by atoms with E-state index in [9.17, 15) is 0 Å². The predicted octanol–water partition coefficient (Wildman–Crippen LogP) is 3.49. The second-order valence-corrected chi connectivity index (χ2v) is 4.76. The van der Waals surface area contributed by atoms with E-state index in [-0.39, 0.29) is 0 Å². The summed E-state index contributed by atoms with van der Waals surface area (Å²) in [6.07, 6.45) is 1.59. The summed E-state index contributed by atoms with van der Waals surface area (Å²) >= 11 is 11.9. The maximum absolute atomic E-state index is 6.09. The number of H-pyrrole nitrogens is 1. The molecular formula is C12H9Cl2N5O. The fourth-order valence-electron chi connectivity index (χ4n) is 1.66. The van der Waals surface area contributed by atoms with Crippen molar-refractivity contribution in [1.29, 1.82) is 0 Å². The van der Waals surface area contributed by atoms with E-state index in [0.717, 1.165) is 0 Å². The monoisotopic (exact) mass is 309 g/mol. The van der Waals surface area contributed by atoms with Gasteiger partial charge in [0.2, 0.25) is 11.8 Å². The van der Waals surface area contributed by atoms with Gasteiger partial charge in [0, 0.05) is 12.1 Å². The number of hydrogen-bond acceptors (Lipinski definition) is 5. The van der Waals surface area contributed by atoms with Crippen LogP contribution in [-0.2, 0) is 0 Å². The zero-order valence-electron chi connectivity index (χ0n) is 10.3. The van der Waals surface area contributed by atoms with Crippen molar-refractivity contribution in [1.82, 2.24) is 20.2 Å². The molecule has 1 aromatic carbocycles. The molecule has 0 bridgehead atoms. The quantitative estimate of drug-likeness (QED) is 0.774. The molecule has 0 amide bonds. The highest BCUT2D eigenvalue weighted by atomic mass is 35.5. The molecule has 0 atom stereocenters. The molecule has 0 spiro atoms. The average Bonchev–Trinajstić information content (AvgIpc) is 2.90. The van der Waals surface area contributed by atoms with E-state index >= 15 is 0 Å². The summed E-state index contributed by atoms with van der Waals surface area (Å²) in [5.41, 5.74) is 0.574. The number of benzene rings is 1. The van der Waals surface area contributed by atoms with Gasteiger partial charge in [-0.25, -0.2) is 0 Å². The lowest BCUT2D eigenvalue weighted by Crippen LogP contribution is -1.99. The predicted molar refractivity (Wildman–Crippen MR) is 77.8 cm³/mol. The van der Waals surface area contributed by atoms with Crippen LogP contribution >= 0.6 is 23.2 Å². The molecule has 0 unspecified atom stereocenters. The Morgan fingerprint density at radius 1 is 1.25 bits per heavy atom. The molecule has 102 valence electrons. The van der Waals surface area contributed by atoms with Gasteiger partial charge in [-0.2, -0.15) is 15.1 Å². The van der Waals surface area contributed by atoms with Gasteiger partial charge in [-0.3, -0.25) is 5.10 Å². The molecule has 0 saturated heterocycles. The van der Waals surface area contributed by atoms with Crippen molar-refractivity contribution in [2.75, 3.05) is 12.4 Å². The van der Waals surface area contributed by atoms with E-state index in [1.165, 1.54) is 0 Å². The average molecular weight is 310 g/mol. The number of ether oxygens (including phenoxy) is 1. The summed E-state index contributed by atoms with van der Waals surface area (Å²) < 4.78 is 5.74. The molecule has 0 aliphatic heterocycles. The smallest absolute Gasteiger partial charge is 0.235 e. The molecule has 6 nitrogen and oxygen atoms in total. The normalized spacial score (nSPS) is 10.8. The number of aromatic amines is 1. The molecule has 0 radical (unpaired) electrons. The van der Waals surface area contributed by atoms with E-state index in [4.69, 9.17) is 27.9 Å². The third-order valence-electron chi connectivity index (χ3n) is 2.60. The first-order valence-electron chi connectivity index (χ1n) is 5.69. The maximum Gasteiger partial charge on any atom is 0.235 e. The molecule has 2 heterocycles. The van der Waals surface area contributed by atoms with Crippen molar-refractivity contribution in [2.24, 2.45) is 0 Å². The summed E-state index contributed by atoms with van der Waals surface area (Å²) in [7, 11) is 1.72. The third kappa shape index (κ3) is 2.35. The highest BCUT2D eigenvalue weighted by Gasteiger charge is 2.12. The first-order valence-corrected chi connectivity index (χ1v) is 6.45. The lowest BCUT2D eigenvalue weighted by molar-refractivity contribution is 0.469. The van der Waals surface area contributed by atoms with Crippen LogP contribution in [0.2, 0.25) is 10.0 Å². The third-order valence-corrected chi connectivity index (χ3v) is 3.13.